The first-order valence-electron chi connectivity index (χ1n) is 4.79. The van der Waals surface area contributed by atoms with E-state index in [0.717, 1.165) is 0 Å². The summed E-state index contributed by atoms with van der Waals surface area (Å²) in [4.78, 5) is 21.9. The lowest BCUT2D eigenvalue weighted by Gasteiger charge is -2.05. The van der Waals surface area contributed by atoms with Gasteiger partial charge in [-0.15, -0.1) is 0 Å². The summed E-state index contributed by atoms with van der Waals surface area (Å²) >= 11 is 0. The molecule has 1 N–H and O–H groups in total. The van der Waals surface area contributed by atoms with Crippen LogP contribution in [0.5, 0.6) is 0 Å². The topological polar surface area (TPSA) is 81.4 Å². The Hall–Kier alpha value is -1.85. The van der Waals surface area contributed by atoms with Gasteiger partial charge in [0.05, 0.1) is 13.0 Å². The minimum Gasteiger partial charge on any atom is -0.481 e. The third-order valence-corrected chi connectivity index (χ3v) is 2.31. The highest BCUT2D eigenvalue weighted by atomic mass is 16.5. The molecule has 0 aliphatic heterocycles. The maximum absolute atomic E-state index is 11.2. The first-order chi connectivity index (χ1) is 7.45. The molecule has 0 saturated carbocycles. The van der Waals surface area contributed by atoms with Crippen LogP contribution in [0.2, 0.25) is 0 Å². The lowest BCUT2D eigenvalue weighted by atomic mass is 10.1. The van der Waals surface area contributed by atoms with Crippen LogP contribution in [0.4, 0.5) is 0 Å². The minimum absolute atomic E-state index is 0.192. The maximum Gasteiger partial charge on any atom is 0.358 e. The van der Waals surface area contributed by atoms with Gasteiger partial charge in [-0.25, -0.2) is 4.79 Å². The molecule has 0 radical (unpaired) electrons. The van der Waals surface area contributed by atoms with Gasteiger partial charge < -0.3 is 9.84 Å². The predicted molar refractivity (Wildman–Crippen MR) is 55.1 cm³/mol. The molecule has 0 fully saturated rings. The van der Waals surface area contributed by atoms with Crippen molar-refractivity contribution in [2.24, 2.45) is 13.0 Å². The summed E-state index contributed by atoms with van der Waals surface area (Å²) in [7, 11) is 2.94. The lowest BCUT2D eigenvalue weighted by molar-refractivity contribution is -0.141. The number of aromatic nitrogens is 2. The molecule has 0 bridgehead atoms. The summed E-state index contributed by atoms with van der Waals surface area (Å²) in [6.07, 6.45) is 0.329. The number of aliphatic carboxylic acids is 1. The van der Waals surface area contributed by atoms with E-state index in [1.165, 1.54) is 11.8 Å². The van der Waals surface area contributed by atoms with Gasteiger partial charge in [0, 0.05) is 19.2 Å². The number of carboxylic acid groups (broad SMARTS) is 1. The Bertz CT molecular complexity index is 411. The average Bonchev–Trinajstić information content (AvgIpc) is 2.59. The van der Waals surface area contributed by atoms with Crippen molar-refractivity contribution in [2.45, 2.75) is 13.3 Å². The standard InChI is InChI=1S/C10H14N2O4/c1-6(9(13)14)4-7-5-8(10(15)16-3)11-12(7)2/h5-6H,4H2,1-3H3,(H,13,14). The second-order valence-electron chi connectivity index (χ2n) is 3.58. The van der Waals surface area contributed by atoms with Crippen LogP contribution in [0.25, 0.3) is 0 Å². The van der Waals surface area contributed by atoms with Gasteiger partial charge in [0.15, 0.2) is 5.69 Å². The number of esters is 1. The van der Waals surface area contributed by atoms with Crippen LogP contribution in [0.15, 0.2) is 6.07 Å². The molecule has 6 nitrogen and oxygen atoms in total. The van der Waals surface area contributed by atoms with Crippen molar-refractivity contribution in [2.75, 3.05) is 7.11 Å². The molecule has 16 heavy (non-hydrogen) atoms. The van der Waals surface area contributed by atoms with Crippen molar-refractivity contribution in [3.63, 3.8) is 0 Å². The summed E-state index contributed by atoms with van der Waals surface area (Å²) in [5.41, 5.74) is 0.882. The number of hydrogen-bond acceptors (Lipinski definition) is 4. The van der Waals surface area contributed by atoms with Crippen LogP contribution in [0.1, 0.15) is 23.1 Å². The van der Waals surface area contributed by atoms with Crippen LogP contribution in [-0.4, -0.2) is 33.9 Å². The maximum atomic E-state index is 11.2. The van der Waals surface area contributed by atoms with E-state index in [4.69, 9.17) is 5.11 Å². The molecule has 1 atom stereocenters. The highest BCUT2D eigenvalue weighted by Gasteiger charge is 2.17. The molecule has 1 aromatic heterocycles. The van der Waals surface area contributed by atoms with E-state index >= 15 is 0 Å². The van der Waals surface area contributed by atoms with Crippen LogP contribution in [0.3, 0.4) is 0 Å². The first kappa shape index (κ1) is 12.2. The molecule has 1 aromatic rings. The largest absolute Gasteiger partial charge is 0.481 e. The van der Waals surface area contributed by atoms with Crippen molar-refractivity contribution >= 4 is 11.9 Å². The van der Waals surface area contributed by atoms with Gasteiger partial charge in [-0.3, -0.25) is 9.48 Å². The third kappa shape index (κ3) is 2.59. The quantitative estimate of drug-likeness (QED) is 0.755. The van der Waals surface area contributed by atoms with E-state index < -0.39 is 17.9 Å². The Kier molecular flexibility index (Phi) is 3.65. The lowest BCUT2D eigenvalue weighted by Crippen LogP contribution is -2.14. The zero-order valence-corrected chi connectivity index (χ0v) is 9.43. The average molecular weight is 226 g/mol. The van der Waals surface area contributed by atoms with E-state index in [-0.39, 0.29) is 5.69 Å². The number of rotatable bonds is 4. The van der Waals surface area contributed by atoms with Crippen LogP contribution >= 0.6 is 0 Å². The van der Waals surface area contributed by atoms with Gasteiger partial charge in [0.2, 0.25) is 0 Å². The molecule has 6 heteroatoms. The number of carbonyl (C=O) groups excluding carboxylic acids is 1. The Morgan fingerprint density at radius 3 is 2.75 bits per heavy atom. The van der Waals surface area contributed by atoms with Gasteiger partial charge >= 0.3 is 11.9 Å². The number of carboxylic acids is 1. The van der Waals surface area contributed by atoms with Crippen molar-refractivity contribution in [1.82, 2.24) is 9.78 Å². The fraction of sp³-hybridized carbons (Fsp3) is 0.500. The first-order valence-corrected chi connectivity index (χ1v) is 4.79. The predicted octanol–water partition coefficient (Wildman–Crippen LogP) is 0.470. The molecule has 0 aliphatic carbocycles. The van der Waals surface area contributed by atoms with Crippen LogP contribution < -0.4 is 0 Å². The summed E-state index contributed by atoms with van der Waals surface area (Å²) in [5.74, 6) is -1.91. The monoisotopic (exact) mass is 226 g/mol. The molecule has 0 aliphatic rings. The molecular weight excluding hydrogens is 212 g/mol. The van der Waals surface area contributed by atoms with Gasteiger partial charge in [-0.2, -0.15) is 5.10 Å². The van der Waals surface area contributed by atoms with E-state index in [0.29, 0.717) is 12.1 Å². The van der Waals surface area contributed by atoms with Gasteiger partial charge in [-0.05, 0) is 6.07 Å². The summed E-state index contributed by atoms with van der Waals surface area (Å²) in [6.45, 7) is 1.60. The van der Waals surface area contributed by atoms with E-state index in [2.05, 4.69) is 9.84 Å². The summed E-state index contributed by atoms with van der Waals surface area (Å²) < 4.78 is 6.02. The second-order valence-corrected chi connectivity index (χ2v) is 3.58. The normalized spacial score (nSPS) is 12.2. The molecular formula is C10H14N2O4. The zero-order valence-electron chi connectivity index (χ0n) is 9.43. The van der Waals surface area contributed by atoms with E-state index in [1.54, 1.807) is 20.0 Å². The van der Waals surface area contributed by atoms with Gasteiger partial charge in [-0.1, -0.05) is 6.92 Å². The van der Waals surface area contributed by atoms with Gasteiger partial charge in [0.25, 0.3) is 0 Å². The Morgan fingerprint density at radius 2 is 2.25 bits per heavy atom. The van der Waals surface area contributed by atoms with Crippen molar-refractivity contribution in [3.8, 4) is 0 Å². The number of ether oxygens (including phenoxy) is 1. The Labute approximate surface area is 92.8 Å². The number of aryl methyl sites for hydroxylation is 1. The molecule has 0 spiro atoms. The fourth-order valence-corrected chi connectivity index (χ4v) is 1.30. The zero-order chi connectivity index (χ0) is 12.3. The number of hydrogen-bond donors (Lipinski definition) is 1. The Balaban J connectivity index is 2.86. The van der Waals surface area contributed by atoms with E-state index in [9.17, 15) is 9.59 Å². The van der Waals surface area contributed by atoms with Crippen LogP contribution in [0, 0.1) is 5.92 Å². The van der Waals surface area contributed by atoms with Crippen molar-refractivity contribution in [3.05, 3.63) is 17.5 Å². The van der Waals surface area contributed by atoms with Crippen LogP contribution in [-0.2, 0) is 23.0 Å². The summed E-state index contributed by atoms with van der Waals surface area (Å²) in [5, 5.41) is 12.7. The number of methoxy groups -OCH3 is 1. The molecule has 1 unspecified atom stereocenters. The number of nitrogens with zero attached hydrogens (tertiary/aromatic N) is 2. The molecule has 0 saturated heterocycles. The van der Waals surface area contributed by atoms with Crippen molar-refractivity contribution in [1.29, 1.82) is 0 Å². The molecule has 1 rings (SSSR count). The highest BCUT2D eigenvalue weighted by Crippen LogP contribution is 2.10. The third-order valence-electron chi connectivity index (χ3n) is 2.31. The van der Waals surface area contributed by atoms with Gasteiger partial charge in [0.1, 0.15) is 0 Å². The molecule has 0 aromatic carbocycles. The Morgan fingerprint density at radius 1 is 1.62 bits per heavy atom. The second kappa shape index (κ2) is 4.78. The van der Waals surface area contributed by atoms with Crippen molar-refractivity contribution < 1.29 is 19.4 Å². The van der Waals surface area contributed by atoms with E-state index in [1.807, 2.05) is 0 Å². The highest BCUT2D eigenvalue weighted by molar-refractivity contribution is 5.87. The molecule has 0 amide bonds. The SMILES string of the molecule is COC(=O)c1cc(CC(C)C(=O)O)n(C)n1. The summed E-state index contributed by atoms with van der Waals surface area (Å²) in [6, 6.07) is 1.55. The smallest absolute Gasteiger partial charge is 0.358 e. The molecule has 1 heterocycles. The fourth-order valence-electron chi connectivity index (χ4n) is 1.30. The number of carbonyl (C=O) groups is 2. The molecule has 88 valence electrons. The minimum atomic E-state index is -0.874.